The van der Waals surface area contributed by atoms with Crippen molar-refractivity contribution in [2.45, 2.75) is 6.54 Å². The van der Waals surface area contributed by atoms with E-state index in [1.807, 2.05) is 30.3 Å². The van der Waals surface area contributed by atoms with Crippen LogP contribution in [0.1, 0.15) is 15.9 Å². The summed E-state index contributed by atoms with van der Waals surface area (Å²) < 4.78 is 0. The standard InChI is InChI=1S/C20H16ClN5O/c21-16-9-14-12-24-26-18(14)10-19(16)25-20(27)15-3-1-2-4-17(15)23-11-13-5-7-22-8-6-13/h1-10,12,23H,11H2,(H,24,26)(H,25,27). The predicted molar refractivity (Wildman–Crippen MR) is 107 cm³/mol. The maximum atomic E-state index is 12.8. The fourth-order valence-corrected chi connectivity index (χ4v) is 3.00. The Labute approximate surface area is 160 Å². The molecular weight excluding hydrogens is 362 g/mol. The third-order valence-corrected chi connectivity index (χ3v) is 4.49. The van der Waals surface area contributed by atoms with Gasteiger partial charge < -0.3 is 10.6 Å². The molecule has 3 N–H and O–H groups in total. The number of carbonyl (C=O) groups is 1. The molecule has 0 spiro atoms. The number of halogens is 1. The molecule has 0 radical (unpaired) electrons. The van der Waals surface area contributed by atoms with Gasteiger partial charge in [-0.15, -0.1) is 0 Å². The van der Waals surface area contributed by atoms with Crippen molar-refractivity contribution in [2.24, 2.45) is 0 Å². The van der Waals surface area contributed by atoms with Crippen molar-refractivity contribution < 1.29 is 4.79 Å². The summed E-state index contributed by atoms with van der Waals surface area (Å²) in [6.45, 7) is 0.591. The van der Waals surface area contributed by atoms with E-state index in [0.717, 1.165) is 22.2 Å². The van der Waals surface area contributed by atoms with Gasteiger partial charge in [0.25, 0.3) is 5.91 Å². The van der Waals surface area contributed by atoms with Crippen molar-refractivity contribution in [1.82, 2.24) is 15.2 Å². The van der Waals surface area contributed by atoms with Crippen molar-refractivity contribution in [2.75, 3.05) is 10.6 Å². The summed E-state index contributed by atoms with van der Waals surface area (Å²) in [6.07, 6.45) is 5.16. The van der Waals surface area contributed by atoms with E-state index < -0.39 is 0 Å². The number of carbonyl (C=O) groups excluding carboxylic acids is 1. The van der Waals surface area contributed by atoms with E-state index in [-0.39, 0.29) is 5.91 Å². The molecule has 0 atom stereocenters. The minimum absolute atomic E-state index is 0.242. The van der Waals surface area contributed by atoms with Crippen LogP contribution >= 0.6 is 11.6 Å². The molecule has 27 heavy (non-hydrogen) atoms. The maximum Gasteiger partial charge on any atom is 0.257 e. The number of fused-ring (bicyclic) bond motifs is 1. The first kappa shape index (κ1) is 17.1. The number of aromatic amines is 1. The van der Waals surface area contributed by atoms with Crippen LogP contribution in [0.2, 0.25) is 5.02 Å². The molecule has 0 aliphatic carbocycles. The number of benzene rings is 2. The molecule has 4 rings (SSSR count). The van der Waals surface area contributed by atoms with Gasteiger partial charge in [-0.05, 0) is 42.0 Å². The number of amides is 1. The molecular formula is C20H16ClN5O. The van der Waals surface area contributed by atoms with Crippen LogP contribution in [0.4, 0.5) is 11.4 Å². The van der Waals surface area contributed by atoms with Gasteiger partial charge in [0.15, 0.2) is 0 Å². The molecule has 0 unspecified atom stereocenters. The van der Waals surface area contributed by atoms with Gasteiger partial charge in [0.1, 0.15) is 0 Å². The average molecular weight is 378 g/mol. The van der Waals surface area contributed by atoms with Crippen molar-refractivity contribution in [1.29, 1.82) is 0 Å². The van der Waals surface area contributed by atoms with Crippen LogP contribution in [0, 0.1) is 0 Å². The van der Waals surface area contributed by atoms with Crippen LogP contribution in [0.15, 0.2) is 67.1 Å². The molecule has 0 bridgehead atoms. The number of anilines is 2. The SMILES string of the molecule is O=C(Nc1cc2[nH]ncc2cc1Cl)c1ccccc1NCc1ccncc1. The van der Waals surface area contributed by atoms with Crippen molar-refractivity contribution in [3.63, 3.8) is 0 Å². The van der Waals surface area contributed by atoms with Crippen LogP contribution < -0.4 is 10.6 Å². The Balaban J connectivity index is 1.55. The van der Waals surface area contributed by atoms with Gasteiger partial charge in [-0.1, -0.05) is 23.7 Å². The van der Waals surface area contributed by atoms with Crippen molar-refractivity contribution in [3.05, 3.63) is 83.3 Å². The second kappa shape index (κ2) is 7.47. The first-order valence-electron chi connectivity index (χ1n) is 8.36. The Morgan fingerprint density at radius 1 is 1.07 bits per heavy atom. The number of nitrogens with one attached hydrogen (secondary N) is 3. The number of rotatable bonds is 5. The van der Waals surface area contributed by atoms with Crippen molar-refractivity contribution in [3.8, 4) is 0 Å². The summed E-state index contributed by atoms with van der Waals surface area (Å²) >= 11 is 6.29. The van der Waals surface area contributed by atoms with E-state index >= 15 is 0 Å². The molecule has 1 amide bonds. The van der Waals surface area contributed by atoms with E-state index in [9.17, 15) is 4.79 Å². The number of aromatic nitrogens is 3. The molecule has 4 aromatic rings. The minimum Gasteiger partial charge on any atom is -0.380 e. The van der Waals surface area contributed by atoms with E-state index in [1.54, 1.807) is 36.8 Å². The largest absolute Gasteiger partial charge is 0.380 e. The lowest BCUT2D eigenvalue weighted by atomic mass is 10.1. The first-order valence-corrected chi connectivity index (χ1v) is 8.74. The van der Waals surface area contributed by atoms with E-state index in [4.69, 9.17) is 11.6 Å². The quantitative estimate of drug-likeness (QED) is 0.479. The van der Waals surface area contributed by atoms with Crippen LogP contribution in [0.3, 0.4) is 0 Å². The summed E-state index contributed by atoms with van der Waals surface area (Å²) in [4.78, 5) is 16.8. The van der Waals surface area contributed by atoms with Crippen LogP contribution in [0.5, 0.6) is 0 Å². The molecule has 0 saturated carbocycles. The Kier molecular flexibility index (Phi) is 4.72. The van der Waals surface area contributed by atoms with Gasteiger partial charge in [-0.25, -0.2) is 0 Å². The first-order chi connectivity index (χ1) is 13.2. The molecule has 0 aliphatic rings. The second-order valence-corrected chi connectivity index (χ2v) is 6.41. The summed E-state index contributed by atoms with van der Waals surface area (Å²) in [6, 6.07) is 14.7. The summed E-state index contributed by atoms with van der Waals surface area (Å²) in [5.74, 6) is -0.242. The maximum absolute atomic E-state index is 12.8. The monoisotopic (exact) mass is 377 g/mol. The third-order valence-electron chi connectivity index (χ3n) is 4.18. The number of hydrogen-bond donors (Lipinski definition) is 3. The number of H-pyrrole nitrogens is 1. The highest BCUT2D eigenvalue weighted by Gasteiger charge is 2.13. The van der Waals surface area contributed by atoms with Gasteiger partial charge in [0, 0.05) is 30.0 Å². The predicted octanol–water partition coefficient (Wildman–Crippen LogP) is 4.48. The number of para-hydroxylation sites is 1. The lowest BCUT2D eigenvalue weighted by molar-refractivity contribution is 0.102. The summed E-state index contributed by atoms with van der Waals surface area (Å²) in [5.41, 5.74) is 3.69. The van der Waals surface area contributed by atoms with E-state index in [1.165, 1.54) is 0 Å². The molecule has 2 heterocycles. The summed E-state index contributed by atoms with van der Waals surface area (Å²) in [7, 11) is 0. The highest BCUT2D eigenvalue weighted by molar-refractivity contribution is 6.34. The molecule has 6 nitrogen and oxygen atoms in total. The topological polar surface area (TPSA) is 82.7 Å². The molecule has 2 aromatic carbocycles. The normalized spacial score (nSPS) is 10.7. The highest BCUT2D eigenvalue weighted by atomic mass is 35.5. The lowest BCUT2D eigenvalue weighted by Gasteiger charge is -2.13. The number of nitrogens with zero attached hydrogens (tertiary/aromatic N) is 2. The second-order valence-electron chi connectivity index (χ2n) is 6.00. The van der Waals surface area contributed by atoms with Crippen molar-refractivity contribution >= 4 is 39.8 Å². The third kappa shape index (κ3) is 3.75. The molecule has 7 heteroatoms. The van der Waals surface area contributed by atoms with Gasteiger partial charge in [-0.3, -0.25) is 14.9 Å². The van der Waals surface area contributed by atoms with Crippen LogP contribution in [0.25, 0.3) is 10.9 Å². The minimum atomic E-state index is -0.242. The van der Waals surface area contributed by atoms with E-state index in [2.05, 4.69) is 25.8 Å². The fraction of sp³-hybridized carbons (Fsp3) is 0.0500. The van der Waals surface area contributed by atoms with Gasteiger partial charge in [0.05, 0.1) is 28.0 Å². The average Bonchev–Trinajstić information content (AvgIpc) is 3.14. The van der Waals surface area contributed by atoms with E-state index in [0.29, 0.717) is 22.8 Å². The molecule has 0 saturated heterocycles. The zero-order chi connectivity index (χ0) is 18.6. The highest BCUT2D eigenvalue weighted by Crippen LogP contribution is 2.28. The summed E-state index contributed by atoms with van der Waals surface area (Å²) in [5, 5.41) is 14.4. The molecule has 2 aromatic heterocycles. The zero-order valence-electron chi connectivity index (χ0n) is 14.2. The van der Waals surface area contributed by atoms with Gasteiger partial charge in [-0.2, -0.15) is 5.10 Å². The zero-order valence-corrected chi connectivity index (χ0v) is 15.0. The number of hydrogen-bond acceptors (Lipinski definition) is 4. The Morgan fingerprint density at radius 3 is 2.74 bits per heavy atom. The lowest BCUT2D eigenvalue weighted by Crippen LogP contribution is -2.15. The Bertz CT molecular complexity index is 1090. The smallest absolute Gasteiger partial charge is 0.257 e. The molecule has 0 aliphatic heterocycles. The number of pyridine rings is 1. The van der Waals surface area contributed by atoms with Crippen LogP contribution in [-0.4, -0.2) is 21.1 Å². The van der Waals surface area contributed by atoms with Gasteiger partial charge in [0.2, 0.25) is 0 Å². The Hall–Kier alpha value is -3.38. The molecule has 0 fully saturated rings. The molecule has 134 valence electrons. The fourth-order valence-electron chi connectivity index (χ4n) is 2.78. The van der Waals surface area contributed by atoms with Crippen LogP contribution in [-0.2, 0) is 6.54 Å². The Morgan fingerprint density at radius 2 is 1.89 bits per heavy atom. The van der Waals surface area contributed by atoms with Gasteiger partial charge >= 0.3 is 0 Å².